The van der Waals surface area contributed by atoms with E-state index < -0.39 is 17.4 Å². The van der Waals surface area contributed by atoms with Gasteiger partial charge in [0.2, 0.25) is 0 Å². The summed E-state index contributed by atoms with van der Waals surface area (Å²) in [7, 11) is 0. The van der Waals surface area contributed by atoms with E-state index in [0.29, 0.717) is 21.6 Å². The fraction of sp³-hybridized carbons (Fsp3) is 0.429. The third kappa shape index (κ3) is 4.61. The van der Waals surface area contributed by atoms with Crippen LogP contribution in [-0.2, 0) is 4.79 Å². The van der Waals surface area contributed by atoms with Crippen molar-refractivity contribution < 1.29 is 14.7 Å². The maximum Gasteiger partial charge on any atom is 0.319 e. The first-order chi connectivity index (χ1) is 9.69. The largest absolute Gasteiger partial charge is 0.481 e. The van der Waals surface area contributed by atoms with Crippen LogP contribution in [0.15, 0.2) is 16.6 Å². The van der Waals surface area contributed by atoms with Gasteiger partial charge in [0, 0.05) is 16.0 Å². The number of halogens is 2. The third-order valence-electron chi connectivity index (χ3n) is 3.43. The van der Waals surface area contributed by atoms with Crippen LogP contribution in [0.5, 0.6) is 0 Å². The van der Waals surface area contributed by atoms with Crippen LogP contribution in [-0.4, -0.2) is 23.7 Å². The summed E-state index contributed by atoms with van der Waals surface area (Å²) in [6.45, 7) is 5.26. The highest BCUT2D eigenvalue weighted by molar-refractivity contribution is 9.10. The number of hydrogen-bond donors (Lipinski definition) is 3. The molecule has 0 spiro atoms. The van der Waals surface area contributed by atoms with Gasteiger partial charge in [0.25, 0.3) is 0 Å². The van der Waals surface area contributed by atoms with Crippen molar-refractivity contribution in [2.75, 3.05) is 11.9 Å². The molecule has 3 N–H and O–H groups in total. The standard InChI is InChI=1S/C14H18BrClN2O3/c1-4-14(3,12(19)20)7-17-13(21)18-11-6-10(16)8(2)5-9(11)15/h5-6H,4,7H2,1-3H3,(H,19,20)(H2,17,18,21). The number of carbonyl (C=O) groups is 2. The van der Waals surface area contributed by atoms with Crippen LogP contribution in [0.2, 0.25) is 5.02 Å². The van der Waals surface area contributed by atoms with E-state index in [0.717, 1.165) is 5.56 Å². The zero-order valence-electron chi connectivity index (χ0n) is 12.1. The molecular weight excluding hydrogens is 360 g/mol. The summed E-state index contributed by atoms with van der Waals surface area (Å²) in [5.74, 6) is -0.940. The first kappa shape index (κ1) is 17.8. The molecule has 1 aromatic carbocycles. The van der Waals surface area contributed by atoms with E-state index in [1.54, 1.807) is 26.0 Å². The van der Waals surface area contributed by atoms with Crippen molar-refractivity contribution in [2.45, 2.75) is 27.2 Å². The van der Waals surface area contributed by atoms with Crippen LogP contribution < -0.4 is 10.6 Å². The lowest BCUT2D eigenvalue weighted by molar-refractivity contribution is -0.147. The van der Waals surface area contributed by atoms with Gasteiger partial charge in [0.15, 0.2) is 0 Å². The quantitative estimate of drug-likeness (QED) is 0.725. The van der Waals surface area contributed by atoms with Gasteiger partial charge in [-0.15, -0.1) is 0 Å². The SMILES string of the molecule is CCC(C)(CNC(=O)Nc1cc(Cl)c(C)cc1Br)C(=O)O. The minimum absolute atomic E-state index is 0.0435. The fourth-order valence-corrected chi connectivity index (χ4v) is 2.26. The molecule has 7 heteroatoms. The molecule has 21 heavy (non-hydrogen) atoms. The minimum Gasteiger partial charge on any atom is -0.481 e. The van der Waals surface area contributed by atoms with Gasteiger partial charge in [0.05, 0.1) is 11.1 Å². The van der Waals surface area contributed by atoms with Crippen molar-refractivity contribution in [1.82, 2.24) is 5.32 Å². The average molecular weight is 378 g/mol. The molecule has 0 heterocycles. The second-order valence-corrected chi connectivity index (χ2v) is 6.37. The number of carboxylic acids is 1. The number of aryl methyl sites for hydroxylation is 1. The Morgan fingerprint density at radius 2 is 2.05 bits per heavy atom. The number of aliphatic carboxylic acids is 1. The van der Waals surface area contributed by atoms with Crippen molar-refractivity contribution in [1.29, 1.82) is 0 Å². The lowest BCUT2D eigenvalue weighted by Gasteiger charge is -2.23. The summed E-state index contributed by atoms with van der Waals surface area (Å²) in [4.78, 5) is 23.0. The van der Waals surface area contributed by atoms with Crippen molar-refractivity contribution in [3.63, 3.8) is 0 Å². The smallest absolute Gasteiger partial charge is 0.319 e. The van der Waals surface area contributed by atoms with Crippen LogP contribution >= 0.6 is 27.5 Å². The Morgan fingerprint density at radius 1 is 1.43 bits per heavy atom. The first-order valence-corrected chi connectivity index (χ1v) is 7.60. The Hall–Kier alpha value is -1.27. The van der Waals surface area contributed by atoms with Gasteiger partial charge < -0.3 is 15.7 Å². The van der Waals surface area contributed by atoms with Crippen molar-refractivity contribution in [3.8, 4) is 0 Å². The zero-order valence-corrected chi connectivity index (χ0v) is 14.4. The summed E-state index contributed by atoms with van der Waals surface area (Å²) < 4.78 is 0.705. The summed E-state index contributed by atoms with van der Waals surface area (Å²) >= 11 is 9.35. The Labute approximate surface area is 137 Å². The number of urea groups is 1. The van der Waals surface area contributed by atoms with Gasteiger partial charge in [-0.3, -0.25) is 4.79 Å². The molecule has 1 unspecified atom stereocenters. The molecule has 1 aromatic rings. The van der Waals surface area contributed by atoms with Crippen LogP contribution in [0, 0.1) is 12.3 Å². The number of benzene rings is 1. The Morgan fingerprint density at radius 3 is 2.57 bits per heavy atom. The lowest BCUT2D eigenvalue weighted by atomic mass is 9.88. The second-order valence-electron chi connectivity index (χ2n) is 5.11. The molecule has 1 rings (SSSR count). The fourth-order valence-electron chi connectivity index (χ4n) is 1.54. The van der Waals surface area contributed by atoms with E-state index in [1.165, 1.54) is 0 Å². The molecule has 0 fully saturated rings. The molecule has 2 amide bonds. The molecule has 0 radical (unpaired) electrons. The number of anilines is 1. The van der Waals surface area contributed by atoms with Crippen LogP contribution in [0.25, 0.3) is 0 Å². The molecule has 0 aromatic heterocycles. The molecule has 0 aliphatic carbocycles. The molecule has 116 valence electrons. The highest BCUT2D eigenvalue weighted by atomic mass is 79.9. The molecular formula is C14H18BrClN2O3. The summed E-state index contributed by atoms with van der Waals surface area (Å²) in [6, 6.07) is 2.96. The number of hydrogen-bond acceptors (Lipinski definition) is 2. The number of amides is 2. The molecule has 5 nitrogen and oxygen atoms in total. The van der Waals surface area contributed by atoms with Gasteiger partial charge in [-0.25, -0.2) is 4.79 Å². The number of nitrogens with one attached hydrogen (secondary N) is 2. The molecule has 0 bridgehead atoms. The Kier molecular flexibility index (Phi) is 6.04. The number of carboxylic acid groups (broad SMARTS) is 1. The zero-order chi connectivity index (χ0) is 16.2. The van der Waals surface area contributed by atoms with Crippen LogP contribution in [0.3, 0.4) is 0 Å². The number of carbonyl (C=O) groups excluding carboxylic acids is 1. The van der Waals surface area contributed by atoms with Gasteiger partial charge in [-0.05, 0) is 53.9 Å². The molecule has 0 aliphatic heterocycles. The van der Waals surface area contributed by atoms with E-state index in [1.807, 2.05) is 6.92 Å². The van der Waals surface area contributed by atoms with E-state index in [-0.39, 0.29) is 6.54 Å². The molecule has 0 aliphatic rings. The monoisotopic (exact) mass is 376 g/mol. The normalized spacial score (nSPS) is 13.4. The lowest BCUT2D eigenvalue weighted by Crippen LogP contribution is -2.42. The molecule has 0 saturated carbocycles. The van der Waals surface area contributed by atoms with Gasteiger partial charge >= 0.3 is 12.0 Å². The van der Waals surface area contributed by atoms with E-state index >= 15 is 0 Å². The maximum absolute atomic E-state index is 11.9. The molecule has 1 atom stereocenters. The average Bonchev–Trinajstić information content (AvgIpc) is 2.42. The van der Waals surface area contributed by atoms with Crippen molar-refractivity contribution in [3.05, 3.63) is 27.2 Å². The van der Waals surface area contributed by atoms with Crippen LogP contribution in [0.1, 0.15) is 25.8 Å². The van der Waals surface area contributed by atoms with Crippen molar-refractivity contribution >= 4 is 45.2 Å². The topological polar surface area (TPSA) is 78.4 Å². The highest BCUT2D eigenvalue weighted by Crippen LogP contribution is 2.29. The maximum atomic E-state index is 11.9. The summed E-state index contributed by atoms with van der Waals surface area (Å²) in [5, 5.41) is 14.9. The van der Waals surface area contributed by atoms with E-state index in [9.17, 15) is 9.59 Å². The van der Waals surface area contributed by atoms with Gasteiger partial charge in [0.1, 0.15) is 0 Å². The summed E-state index contributed by atoms with van der Waals surface area (Å²) in [6.07, 6.45) is 0.419. The van der Waals surface area contributed by atoms with Gasteiger partial charge in [-0.2, -0.15) is 0 Å². The third-order valence-corrected chi connectivity index (χ3v) is 4.50. The van der Waals surface area contributed by atoms with E-state index in [2.05, 4.69) is 26.6 Å². The predicted molar refractivity (Wildman–Crippen MR) is 86.9 cm³/mol. The summed E-state index contributed by atoms with van der Waals surface area (Å²) in [5.41, 5.74) is 0.426. The Bertz CT molecular complexity index is 565. The van der Waals surface area contributed by atoms with Crippen molar-refractivity contribution in [2.24, 2.45) is 5.41 Å². The Balaban J connectivity index is 2.71. The van der Waals surface area contributed by atoms with Gasteiger partial charge in [-0.1, -0.05) is 18.5 Å². The minimum atomic E-state index is -0.987. The highest BCUT2D eigenvalue weighted by Gasteiger charge is 2.31. The predicted octanol–water partition coefficient (Wildman–Crippen LogP) is 4.03. The van der Waals surface area contributed by atoms with E-state index in [4.69, 9.17) is 16.7 Å². The second kappa shape index (κ2) is 7.13. The number of rotatable bonds is 5. The first-order valence-electron chi connectivity index (χ1n) is 6.43. The van der Waals surface area contributed by atoms with Crippen LogP contribution in [0.4, 0.5) is 10.5 Å². The molecule has 0 saturated heterocycles.